The Balaban J connectivity index is 1.58. The summed E-state index contributed by atoms with van der Waals surface area (Å²) in [7, 11) is 1.56. The van der Waals surface area contributed by atoms with E-state index in [4.69, 9.17) is 9.47 Å². The molecule has 6 heteroatoms. The average molecular weight is 410 g/mol. The van der Waals surface area contributed by atoms with E-state index in [0.717, 1.165) is 19.4 Å². The van der Waals surface area contributed by atoms with Crippen molar-refractivity contribution < 1.29 is 19.1 Å². The van der Waals surface area contributed by atoms with Gasteiger partial charge in [0.25, 0.3) is 5.91 Å². The second kappa shape index (κ2) is 8.21. The van der Waals surface area contributed by atoms with Crippen LogP contribution in [0.4, 0.5) is 0 Å². The molecular weight excluding hydrogens is 386 g/mol. The molecule has 1 aliphatic heterocycles. The molecular formula is C19H24BrNO4. The van der Waals surface area contributed by atoms with Crippen LogP contribution >= 0.6 is 15.9 Å². The lowest BCUT2D eigenvalue weighted by atomic mass is 9.78. The van der Waals surface area contributed by atoms with Crippen molar-refractivity contribution >= 4 is 27.8 Å². The Hall–Kier alpha value is -1.56. The number of piperidine rings is 1. The third kappa shape index (κ3) is 4.17. The molecule has 2 atom stereocenters. The molecule has 1 saturated carbocycles. The van der Waals surface area contributed by atoms with Crippen LogP contribution in [0.5, 0.6) is 5.75 Å². The molecule has 5 nitrogen and oxygen atoms in total. The van der Waals surface area contributed by atoms with Crippen molar-refractivity contribution in [1.82, 2.24) is 4.90 Å². The van der Waals surface area contributed by atoms with Gasteiger partial charge in [-0.1, -0.05) is 12.8 Å². The lowest BCUT2D eigenvalue weighted by Gasteiger charge is -2.44. The third-order valence-corrected chi connectivity index (χ3v) is 5.90. The monoisotopic (exact) mass is 409 g/mol. The summed E-state index contributed by atoms with van der Waals surface area (Å²) in [5.74, 6) is 0.704. The van der Waals surface area contributed by atoms with Crippen LogP contribution in [0, 0.1) is 5.92 Å². The first-order valence-corrected chi connectivity index (χ1v) is 9.69. The molecule has 1 aromatic rings. The number of carbonyl (C=O) groups is 2. The highest BCUT2D eigenvalue weighted by molar-refractivity contribution is 9.10. The number of rotatable bonds is 4. The molecule has 3 rings (SSSR count). The van der Waals surface area contributed by atoms with Crippen molar-refractivity contribution in [2.24, 2.45) is 5.92 Å². The predicted molar refractivity (Wildman–Crippen MR) is 97.7 cm³/mol. The van der Waals surface area contributed by atoms with Crippen LogP contribution < -0.4 is 4.74 Å². The lowest BCUT2D eigenvalue weighted by Crippen LogP contribution is -2.50. The summed E-state index contributed by atoms with van der Waals surface area (Å²) in [5, 5.41) is 0. The highest BCUT2D eigenvalue weighted by atomic mass is 79.9. The molecule has 0 spiro atoms. The smallest absolute Gasteiger partial charge is 0.338 e. The summed E-state index contributed by atoms with van der Waals surface area (Å²) in [6.07, 6.45) is 7.01. The number of hydrogen-bond acceptors (Lipinski definition) is 4. The summed E-state index contributed by atoms with van der Waals surface area (Å²) >= 11 is 3.35. The van der Waals surface area contributed by atoms with Crippen LogP contribution in [0.15, 0.2) is 22.7 Å². The minimum absolute atomic E-state index is 0.0717. The van der Waals surface area contributed by atoms with Gasteiger partial charge in [-0.2, -0.15) is 0 Å². The van der Waals surface area contributed by atoms with Gasteiger partial charge in [0.05, 0.1) is 17.1 Å². The molecule has 1 aliphatic carbocycles. The molecule has 0 unspecified atom stereocenters. The first-order chi connectivity index (χ1) is 12.1. The largest absolute Gasteiger partial charge is 0.496 e. The molecule has 1 heterocycles. The van der Waals surface area contributed by atoms with E-state index in [0.29, 0.717) is 27.7 Å². The highest BCUT2D eigenvalue weighted by Gasteiger charge is 2.35. The van der Waals surface area contributed by atoms with Crippen molar-refractivity contribution in [1.29, 1.82) is 0 Å². The lowest BCUT2D eigenvalue weighted by molar-refractivity contribution is -0.140. The number of nitrogens with zero attached hydrogens (tertiary/aromatic N) is 1. The van der Waals surface area contributed by atoms with E-state index in [-0.39, 0.29) is 12.5 Å². The van der Waals surface area contributed by atoms with E-state index in [1.54, 1.807) is 25.3 Å². The number of ether oxygens (including phenoxy) is 2. The Labute approximate surface area is 156 Å². The molecule has 1 amide bonds. The number of methoxy groups -OCH3 is 1. The second-order valence-electron chi connectivity index (χ2n) is 6.77. The summed E-state index contributed by atoms with van der Waals surface area (Å²) in [6.45, 7) is 0.595. The topological polar surface area (TPSA) is 55.8 Å². The Morgan fingerprint density at radius 2 is 1.96 bits per heavy atom. The van der Waals surface area contributed by atoms with Crippen molar-refractivity contribution in [3.05, 3.63) is 28.2 Å². The van der Waals surface area contributed by atoms with Gasteiger partial charge in [0.1, 0.15) is 5.75 Å². The number of likely N-dealkylation sites (tertiary alicyclic amines) is 1. The number of esters is 1. The first-order valence-electron chi connectivity index (χ1n) is 8.90. The van der Waals surface area contributed by atoms with Gasteiger partial charge in [-0.05, 0) is 65.7 Å². The highest BCUT2D eigenvalue weighted by Crippen LogP contribution is 2.35. The zero-order valence-electron chi connectivity index (χ0n) is 14.5. The molecule has 2 fully saturated rings. The van der Waals surface area contributed by atoms with Gasteiger partial charge in [-0.15, -0.1) is 0 Å². The molecule has 136 valence electrons. The Morgan fingerprint density at radius 1 is 1.20 bits per heavy atom. The Morgan fingerprint density at radius 3 is 2.72 bits per heavy atom. The standard InChI is InChI=1S/C19H24BrNO4/c1-24-17-9-8-14(11-15(17)20)19(23)25-12-18(22)21-10-4-6-13-5-2-3-7-16(13)21/h8-9,11,13,16H,2-7,10,12H2,1H3/t13-,16-/m1/s1. The SMILES string of the molecule is COc1ccc(C(=O)OCC(=O)N2CCC[C@H]3CCCC[C@H]32)cc1Br. The maximum atomic E-state index is 12.6. The molecule has 0 radical (unpaired) electrons. The van der Waals surface area contributed by atoms with Crippen LogP contribution in [0.1, 0.15) is 48.9 Å². The quantitative estimate of drug-likeness (QED) is 0.709. The van der Waals surface area contributed by atoms with Crippen molar-refractivity contribution in [3.63, 3.8) is 0 Å². The van der Waals surface area contributed by atoms with Gasteiger partial charge >= 0.3 is 5.97 Å². The van der Waals surface area contributed by atoms with Crippen molar-refractivity contribution in [2.45, 2.75) is 44.6 Å². The van der Waals surface area contributed by atoms with E-state index >= 15 is 0 Å². The number of halogens is 1. The zero-order chi connectivity index (χ0) is 17.8. The summed E-state index contributed by atoms with van der Waals surface area (Å²) in [5.41, 5.74) is 0.398. The van der Waals surface area contributed by atoms with E-state index in [1.165, 1.54) is 25.7 Å². The summed E-state index contributed by atoms with van der Waals surface area (Å²) < 4.78 is 11.1. The average Bonchev–Trinajstić information content (AvgIpc) is 2.65. The van der Waals surface area contributed by atoms with Crippen LogP contribution in [0.2, 0.25) is 0 Å². The molecule has 2 aliphatic rings. The van der Waals surface area contributed by atoms with Crippen molar-refractivity contribution in [3.8, 4) is 5.75 Å². The normalized spacial score (nSPS) is 22.9. The Kier molecular flexibility index (Phi) is 5.99. The van der Waals surface area contributed by atoms with E-state index in [9.17, 15) is 9.59 Å². The number of amides is 1. The maximum Gasteiger partial charge on any atom is 0.338 e. The van der Waals surface area contributed by atoms with Crippen LogP contribution in [0.25, 0.3) is 0 Å². The fourth-order valence-electron chi connectivity index (χ4n) is 4.02. The first kappa shape index (κ1) is 18.2. The van der Waals surface area contributed by atoms with Gasteiger partial charge in [0.2, 0.25) is 0 Å². The summed E-state index contributed by atoms with van der Waals surface area (Å²) in [6, 6.07) is 5.31. The predicted octanol–water partition coefficient (Wildman–Crippen LogP) is 3.80. The molecule has 0 aromatic heterocycles. The van der Waals surface area contributed by atoms with Gasteiger partial charge in [-0.25, -0.2) is 4.79 Å². The van der Waals surface area contributed by atoms with Gasteiger partial charge < -0.3 is 14.4 Å². The fraction of sp³-hybridized carbons (Fsp3) is 0.579. The van der Waals surface area contributed by atoms with Crippen LogP contribution in [0.3, 0.4) is 0 Å². The minimum atomic E-state index is -0.492. The minimum Gasteiger partial charge on any atom is -0.496 e. The molecule has 25 heavy (non-hydrogen) atoms. The van der Waals surface area contributed by atoms with E-state index < -0.39 is 5.97 Å². The number of carbonyl (C=O) groups excluding carboxylic acids is 2. The van der Waals surface area contributed by atoms with Crippen LogP contribution in [-0.2, 0) is 9.53 Å². The van der Waals surface area contributed by atoms with Gasteiger partial charge in [-0.3, -0.25) is 4.79 Å². The van der Waals surface area contributed by atoms with Crippen LogP contribution in [-0.4, -0.2) is 43.1 Å². The molecule has 1 aromatic carbocycles. The van der Waals surface area contributed by atoms with Crippen molar-refractivity contribution in [2.75, 3.05) is 20.3 Å². The summed E-state index contributed by atoms with van der Waals surface area (Å²) in [4.78, 5) is 26.7. The number of hydrogen-bond donors (Lipinski definition) is 0. The number of benzene rings is 1. The van der Waals surface area contributed by atoms with Gasteiger partial charge in [0.15, 0.2) is 6.61 Å². The van der Waals surface area contributed by atoms with E-state index in [1.807, 2.05) is 4.90 Å². The zero-order valence-corrected chi connectivity index (χ0v) is 16.1. The number of fused-ring (bicyclic) bond motifs is 1. The third-order valence-electron chi connectivity index (χ3n) is 5.28. The fourth-order valence-corrected chi connectivity index (χ4v) is 4.56. The molecule has 1 saturated heterocycles. The molecule has 0 N–H and O–H groups in total. The van der Waals surface area contributed by atoms with Gasteiger partial charge in [0, 0.05) is 12.6 Å². The second-order valence-corrected chi connectivity index (χ2v) is 7.62. The Bertz CT molecular complexity index is 646. The van der Waals surface area contributed by atoms with E-state index in [2.05, 4.69) is 15.9 Å². The molecule has 0 bridgehead atoms. The maximum absolute atomic E-state index is 12.6.